The van der Waals surface area contributed by atoms with Gasteiger partial charge in [0.2, 0.25) is 11.8 Å². The average Bonchev–Trinajstić information content (AvgIpc) is 3.58. The summed E-state index contributed by atoms with van der Waals surface area (Å²) >= 11 is 0. The van der Waals surface area contributed by atoms with E-state index in [4.69, 9.17) is 18.3 Å². The molecule has 0 aliphatic rings. The second kappa shape index (κ2) is 11.5. The topological polar surface area (TPSA) is 136 Å². The summed E-state index contributed by atoms with van der Waals surface area (Å²) in [5.74, 6) is 1.87. The third-order valence-corrected chi connectivity index (χ3v) is 6.64. The van der Waals surface area contributed by atoms with Gasteiger partial charge < -0.3 is 28.4 Å². The van der Waals surface area contributed by atoms with Gasteiger partial charge >= 0.3 is 0 Å². The fourth-order valence-corrected chi connectivity index (χ4v) is 4.61. The zero-order valence-electron chi connectivity index (χ0n) is 22.8. The van der Waals surface area contributed by atoms with Gasteiger partial charge in [-0.2, -0.15) is 0 Å². The van der Waals surface area contributed by atoms with Gasteiger partial charge in [-0.25, -0.2) is 4.98 Å². The Balaban J connectivity index is 1.57. The predicted octanol–water partition coefficient (Wildman–Crippen LogP) is 5.71. The zero-order chi connectivity index (χ0) is 28.2. The molecule has 0 aliphatic heterocycles. The first-order valence-corrected chi connectivity index (χ1v) is 13.0. The van der Waals surface area contributed by atoms with E-state index in [2.05, 4.69) is 27.1 Å². The number of benzene rings is 2. The van der Waals surface area contributed by atoms with Crippen molar-refractivity contribution in [3.05, 3.63) is 81.9 Å². The molecule has 206 valence electrons. The maximum atomic E-state index is 13.3. The molecule has 3 heterocycles. The zero-order valence-corrected chi connectivity index (χ0v) is 22.8. The third kappa shape index (κ3) is 5.07. The van der Waals surface area contributed by atoms with Gasteiger partial charge in [0.1, 0.15) is 28.6 Å². The monoisotopic (exact) mass is 542 g/mol. The second-order valence-electron chi connectivity index (χ2n) is 9.24. The number of aryl methyl sites for hydroxylation is 2. The van der Waals surface area contributed by atoms with Crippen molar-refractivity contribution in [2.45, 2.75) is 39.5 Å². The lowest BCUT2D eigenvalue weighted by Gasteiger charge is -2.18. The highest BCUT2D eigenvalue weighted by atomic mass is 16.5. The number of ether oxygens (including phenoxy) is 2. The van der Waals surface area contributed by atoms with Gasteiger partial charge in [-0.3, -0.25) is 4.79 Å². The van der Waals surface area contributed by atoms with Crippen LogP contribution in [0.3, 0.4) is 0 Å². The van der Waals surface area contributed by atoms with E-state index in [1.807, 2.05) is 37.3 Å². The molecule has 0 aliphatic carbocycles. The lowest BCUT2D eigenvalue weighted by Crippen LogP contribution is -2.14. The van der Waals surface area contributed by atoms with E-state index in [1.165, 1.54) is 14.2 Å². The summed E-state index contributed by atoms with van der Waals surface area (Å²) in [5.41, 5.74) is 2.26. The maximum Gasteiger partial charge on any atom is 0.264 e. The molecule has 0 radical (unpaired) electrons. The first-order chi connectivity index (χ1) is 19.4. The molecule has 0 amide bonds. The van der Waals surface area contributed by atoms with Crippen LogP contribution in [0.5, 0.6) is 17.2 Å². The van der Waals surface area contributed by atoms with Crippen LogP contribution in [-0.4, -0.2) is 39.5 Å². The van der Waals surface area contributed by atoms with E-state index in [1.54, 1.807) is 18.2 Å². The molecule has 0 atom stereocenters. The Kier molecular flexibility index (Phi) is 7.68. The molecular weight excluding hydrogens is 512 g/mol. The normalized spacial score (nSPS) is 11.1. The number of pyridine rings is 1. The van der Waals surface area contributed by atoms with Crippen molar-refractivity contribution in [2.75, 3.05) is 14.2 Å². The number of hydrogen-bond donors (Lipinski definition) is 2. The van der Waals surface area contributed by atoms with Gasteiger partial charge in [0.15, 0.2) is 0 Å². The van der Waals surface area contributed by atoms with Gasteiger partial charge in [0.05, 0.1) is 37.5 Å². The van der Waals surface area contributed by atoms with Crippen molar-refractivity contribution < 1.29 is 23.4 Å². The predicted molar refractivity (Wildman–Crippen MR) is 149 cm³/mol. The summed E-state index contributed by atoms with van der Waals surface area (Å²) in [5, 5.41) is 19.8. The molecule has 10 nitrogen and oxygen atoms in total. The molecule has 5 rings (SSSR count). The van der Waals surface area contributed by atoms with Crippen LogP contribution in [-0.2, 0) is 12.8 Å². The molecule has 10 heteroatoms. The van der Waals surface area contributed by atoms with Crippen LogP contribution in [0.4, 0.5) is 0 Å². The second-order valence-corrected chi connectivity index (χ2v) is 9.24. The Labute approximate surface area is 230 Å². The van der Waals surface area contributed by atoms with Crippen molar-refractivity contribution in [3.63, 3.8) is 0 Å². The van der Waals surface area contributed by atoms with Gasteiger partial charge in [-0.15, -0.1) is 10.2 Å². The number of aromatic hydroxyl groups is 1. The van der Waals surface area contributed by atoms with E-state index in [-0.39, 0.29) is 29.5 Å². The number of nitrogens with zero attached hydrogens (tertiary/aromatic N) is 3. The summed E-state index contributed by atoms with van der Waals surface area (Å²) in [7, 11) is 3.07. The van der Waals surface area contributed by atoms with Crippen LogP contribution < -0.4 is 15.0 Å². The van der Waals surface area contributed by atoms with Crippen LogP contribution in [0, 0.1) is 6.92 Å². The minimum Gasteiger partial charge on any atom is -0.506 e. The van der Waals surface area contributed by atoms with Crippen molar-refractivity contribution in [1.82, 2.24) is 20.2 Å². The fourth-order valence-electron chi connectivity index (χ4n) is 4.61. The molecule has 3 aromatic heterocycles. The Morgan fingerprint density at radius 2 is 1.62 bits per heavy atom. The van der Waals surface area contributed by atoms with Gasteiger partial charge in [0, 0.05) is 11.3 Å². The highest BCUT2D eigenvalue weighted by Crippen LogP contribution is 2.46. The van der Waals surface area contributed by atoms with Crippen molar-refractivity contribution in [1.29, 1.82) is 0 Å². The average molecular weight is 543 g/mol. The molecule has 2 aromatic carbocycles. The van der Waals surface area contributed by atoms with E-state index in [0.29, 0.717) is 52.1 Å². The number of oxazole rings is 1. The van der Waals surface area contributed by atoms with Crippen molar-refractivity contribution in [2.24, 2.45) is 0 Å². The van der Waals surface area contributed by atoms with Crippen LogP contribution in [0.1, 0.15) is 42.8 Å². The van der Waals surface area contributed by atoms with Crippen LogP contribution in [0.25, 0.3) is 34.0 Å². The molecule has 40 heavy (non-hydrogen) atoms. The SMILES string of the molecule is CCCCc1[nH]c(=O)c(-c2nnc(Cc3nc(-c4ccccc4)oc3C)o2)c(O)c1-c1c(OC)cccc1OC. The lowest BCUT2D eigenvalue weighted by molar-refractivity contribution is 0.396. The molecule has 0 saturated carbocycles. The Morgan fingerprint density at radius 1 is 0.900 bits per heavy atom. The quantitative estimate of drug-likeness (QED) is 0.227. The third-order valence-electron chi connectivity index (χ3n) is 6.64. The van der Waals surface area contributed by atoms with Crippen LogP contribution in [0.15, 0.2) is 62.2 Å². The number of hydrogen-bond acceptors (Lipinski definition) is 9. The fraction of sp³-hybridized carbons (Fsp3) is 0.267. The van der Waals surface area contributed by atoms with Crippen molar-refractivity contribution in [3.8, 4) is 51.3 Å². The number of methoxy groups -OCH3 is 2. The van der Waals surface area contributed by atoms with E-state index >= 15 is 0 Å². The summed E-state index contributed by atoms with van der Waals surface area (Å²) < 4.78 is 22.9. The molecule has 0 saturated heterocycles. The number of rotatable bonds is 10. The van der Waals surface area contributed by atoms with E-state index in [0.717, 1.165) is 18.4 Å². The van der Waals surface area contributed by atoms with Crippen LogP contribution >= 0.6 is 0 Å². The Morgan fingerprint density at radius 3 is 2.30 bits per heavy atom. The maximum absolute atomic E-state index is 13.3. The Hall–Kier alpha value is -4.86. The lowest BCUT2D eigenvalue weighted by atomic mass is 9.96. The minimum atomic E-state index is -0.541. The molecule has 2 N–H and O–H groups in total. The first-order valence-electron chi connectivity index (χ1n) is 13.0. The molecule has 0 bridgehead atoms. The van der Waals surface area contributed by atoms with E-state index < -0.39 is 5.56 Å². The molecule has 5 aromatic rings. The summed E-state index contributed by atoms with van der Waals surface area (Å²) in [6.45, 7) is 3.86. The highest BCUT2D eigenvalue weighted by molar-refractivity contribution is 5.87. The molecule has 0 fully saturated rings. The highest BCUT2D eigenvalue weighted by Gasteiger charge is 2.27. The Bertz CT molecular complexity index is 1660. The molecule has 0 spiro atoms. The van der Waals surface area contributed by atoms with Crippen LogP contribution in [0.2, 0.25) is 0 Å². The number of H-pyrrole nitrogens is 1. The summed E-state index contributed by atoms with van der Waals surface area (Å²) in [4.78, 5) is 20.8. The number of nitrogens with one attached hydrogen (secondary N) is 1. The largest absolute Gasteiger partial charge is 0.506 e. The van der Waals surface area contributed by atoms with Crippen molar-refractivity contribution >= 4 is 0 Å². The standard InChI is InChI=1S/C30H30N4O6/c1-5-6-13-19-24(25-21(37-3)14-10-15-22(25)38-4)27(35)26(28(36)31-19)30-34-33-23(40-30)16-20-17(2)39-29(32-20)18-11-8-7-9-12-18/h7-12,14-15H,5-6,13,16H2,1-4H3,(H2,31,35,36). The minimum absolute atomic E-state index is 0.115. The summed E-state index contributed by atoms with van der Waals surface area (Å²) in [6.07, 6.45) is 2.41. The van der Waals surface area contributed by atoms with Gasteiger partial charge in [-0.05, 0) is 44.0 Å². The number of aromatic amines is 1. The molecule has 0 unspecified atom stereocenters. The smallest absolute Gasteiger partial charge is 0.264 e. The number of unbranched alkanes of at least 4 members (excludes halogenated alkanes) is 1. The van der Waals surface area contributed by atoms with Gasteiger partial charge in [0.25, 0.3) is 11.4 Å². The molecular formula is C30H30N4O6. The summed E-state index contributed by atoms with van der Waals surface area (Å²) in [6, 6.07) is 14.9. The number of aromatic nitrogens is 4. The van der Waals surface area contributed by atoms with E-state index in [9.17, 15) is 9.90 Å². The van der Waals surface area contributed by atoms with Gasteiger partial charge in [-0.1, -0.05) is 37.6 Å². The first kappa shape index (κ1) is 26.7.